The molecule has 2 saturated carbocycles. The van der Waals surface area contributed by atoms with Gasteiger partial charge in [0.05, 0.1) is 0 Å². The molecule has 2 fully saturated rings. The Morgan fingerprint density at radius 3 is 1.57 bits per heavy atom. The molecule has 2 atom stereocenters. The molecule has 0 aromatic rings. The smallest absolute Gasteiger partial charge is 0.00697 e. The van der Waals surface area contributed by atoms with Crippen LogP contribution >= 0.6 is 0 Å². The van der Waals surface area contributed by atoms with Crippen molar-refractivity contribution in [1.82, 2.24) is 5.32 Å². The van der Waals surface area contributed by atoms with Crippen LogP contribution in [0, 0.1) is 5.92 Å². The van der Waals surface area contributed by atoms with Crippen LogP contribution in [0.1, 0.15) is 110 Å². The molecule has 0 heterocycles. The Hall–Kier alpha value is -0.0400. The zero-order valence-corrected chi connectivity index (χ0v) is 14.5. The average Bonchev–Trinajstić information content (AvgIpc) is 2.67. The molecule has 1 heteroatoms. The van der Waals surface area contributed by atoms with Crippen molar-refractivity contribution in [2.45, 2.75) is 122 Å². The molecular weight excluding hydrogens is 254 g/mol. The third-order valence-corrected chi connectivity index (χ3v) is 5.83. The van der Waals surface area contributed by atoms with Gasteiger partial charge >= 0.3 is 0 Å². The van der Waals surface area contributed by atoms with Gasteiger partial charge in [-0.15, -0.1) is 0 Å². The predicted molar refractivity (Wildman–Crippen MR) is 93.7 cm³/mol. The number of rotatable bonds is 2. The summed E-state index contributed by atoms with van der Waals surface area (Å²) in [6, 6.07) is 1.65. The highest BCUT2D eigenvalue weighted by Crippen LogP contribution is 2.24. The molecule has 1 nitrogen and oxygen atoms in total. The minimum absolute atomic E-state index is 0.822. The first-order valence-corrected chi connectivity index (χ1v) is 10.1. The normalized spacial score (nSPS) is 31.9. The van der Waals surface area contributed by atoms with Crippen molar-refractivity contribution >= 4 is 0 Å². The predicted octanol–water partition coefficient (Wildman–Crippen LogP) is 6.22. The van der Waals surface area contributed by atoms with Gasteiger partial charge in [-0.05, 0) is 38.0 Å². The van der Waals surface area contributed by atoms with Crippen molar-refractivity contribution in [1.29, 1.82) is 0 Å². The molecule has 0 aromatic carbocycles. The fourth-order valence-corrected chi connectivity index (χ4v) is 4.32. The lowest BCUT2D eigenvalue weighted by atomic mass is 9.96. The number of nitrogens with one attached hydrogen (secondary N) is 1. The summed E-state index contributed by atoms with van der Waals surface area (Å²) in [5, 5.41) is 4.07. The Balaban J connectivity index is 1.74. The Morgan fingerprint density at radius 1 is 0.476 bits per heavy atom. The maximum atomic E-state index is 4.07. The van der Waals surface area contributed by atoms with Crippen LogP contribution in [0.3, 0.4) is 0 Å². The molecule has 2 unspecified atom stereocenters. The average molecular weight is 294 g/mol. The van der Waals surface area contributed by atoms with Gasteiger partial charge < -0.3 is 5.32 Å². The van der Waals surface area contributed by atoms with Gasteiger partial charge in [0, 0.05) is 12.1 Å². The molecular formula is C20H39N. The Labute approximate surface area is 133 Å². The summed E-state index contributed by atoms with van der Waals surface area (Å²) in [6.07, 6.45) is 23.4. The van der Waals surface area contributed by atoms with Gasteiger partial charge in [-0.25, -0.2) is 0 Å². The summed E-state index contributed by atoms with van der Waals surface area (Å²) in [5.74, 6) is 0.966. The topological polar surface area (TPSA) is 12.0 Å². The van der Waals surface area contributed by atoms with E-state index in [2.05, 4.69) is 12.2 Å². The summed E-state index contributed by atoms with van der Waals surface area (Å²) < 4.78 is 0. The largest absolute Gasteiger partial charge is 0.311 e. The van der Waals surface area contributed by atoms with Crippen molar-refractivity contribution in [3.63, 3.8) is 0 Å². The fraction of sp³-hybridized carbons (Fsp3) is 1.00. The van der Waals surface area contributed by atoms with Gasteiger partial charge in [0.25, 0.3) is 0 Å². The zero-order chi connectivity index (χ0) is 14.8. The molecule has 124 valence electrons. The van der Waals surface area contributed by atoms with E-state index in [1.54, 1.807) is 0 Å². The zero-order valence-electron chi connectivity index (χ0n) is 14.5. The first kappa shape index (κ1) is 17.3. The van der Waals surface area contributed by atoms with E-state index in [0.717, 1.165) is 18.0 Å². The van der Waals surface area contributed by atoms with Crippen LogP contribution < -0.4 is 5.32 Å². The molecule has 2 aliphatic rings. The van der Waals surface area contributed by atoms with Crippen LogP contribution in [0.2, 0.25) is 0 Å². The quantitative estimate of drug-likeness (QED) is 0.596. The van der Waals surface area contributed by atoms with Crippen molar-refractivity contribution < 1.29 is 0 Å². The Kier molecular flexibility index (Phi) is 8.78. The summed E-state index contributed by atoms with van der Waals surface area (Å²) in [7, 11) is 0. The maximum absolute atomic E-state index is 4.07. The number of hydrogen-bond acceptors (Lipinski definition) is 1. The summed E-state index contributed by atoms with van der Waals surface area (Å²) in [4.78, 5) is 0. The van der Waals surface area contributed by atoms with Crippen LogP contribution in [-0.2, 0) is 0 Å². The third kappa shape index (κ3) is 7.68. The molecule has 0 spiro atoms. The third-order valence-electron chi connectivity index (χ3n) is 5.83. The van der Waals surface area contributed by atoms with E-state index in [-0.39, 0.29) is 0 Å². The van der Waals surface area contributed by atoms with E-state index < -0.39 is 0 Å². The van der Waals surface area contributed by atoms with Gasteiger partial charge in [0.15, 0.2) is 0 Å². The molecule has 0 bridgehead atoms. The van der Waals surface area contributed by atoms with Gasteiger partial charge in [0.1, 0.15) is 0 Å². The Morgan fingerprint density at radius 2 is 0.952 bits per heavy atom. The molecule has 0 amide bonds. The second-order valence-corrected chi connectivity index (χ2v) is 7.93. The standard InChI is InChI=1S/C20H39N/c1-18-12-11-15-20(17-16-18)21-19-13-9-7-5-3-2-4-6-8-10-14-19/h18-21H,2-17H2,1H3. The highest BCUT2D eigenvalue weighted by molar-refractivity contribution is 4.78. The molecule has 0 radical (unpaired) electrons. The lowest BCUT2D eigenvalue weighted by Crippen LogP contribution is -2.38. The van der Waals surface area contributed by atoms with E-state index in [1.165, 1.54) is 103 Å². The van der Waals surface area contributed by atoms with E-state index >= 15 is 0 Å². The lowest BCUT2D eigenvalue weighted by molar-refractivity contribution is 0.340. The van der Waals surface area contributed by atoms with Crippen LogP contribution in [0.15, 0.2) is 0 Å². The summed E-state index contributed by atoms with van der Waals surface area (Å²) in [6.45, 7) is 2.44. The van der Waals surface area contributed by atoms with Gasteiger partial charge in [-0.3, -0.25) is 0 Å². The van der Waals surface area contributed by atoms with Gasteiger partial charge in [-0.1, -0.05) is 77.6 Å². The van der Waals surface area contributed by atoms with Crippen LogP contribution in [0.25, 0.3) is 0 Å². The molecule has 21 heavy (non-hydrogen) atoms. The van der Waals surface area contributed by atoms with E-state index in [9.17, 15) is 0 Å². The monoisotopic (exact) mass is 293 g/mol. The summed E-state index contributed by atoms with van der Waals surface area (Å²) in [5.41, 5.74) is 0. The molecule has 1 N–H and O–H groups in total. The van der Waals surface area contributed by atoms with Crippen LogP contribution in [-0.4, -0.2) is 12.1 Å². The van der Waals surface area contributed by atoms with Gasteiger partial charge in [-0.2, -0.15) is 0 Å². The fourth-order valence-electron chi connectivity index (χ4n) is 4.32. The van der Waals surface area contributed by atoms with Crippen molar-refractivity contribution in [3.8, 4) is 0 Å². The van der Waals surface area contributed by atoms with Crippen molar-refractivity contribution in [3.05, 3.63) is 0 Å². The van der Waals surface area contributed by atoms with Crippen LogP contribution in [0.4, 0.5) is 0 Å². The van der Waals surface area contributed by atoms with Crippen molar-refractivity contribution in [2.75, 3.05) is 0 Å². The van der Waals surface area contributed by atoms with E-state index in [4.69, 9.17) is 0 Å². The SMILES string of the molecule is CC1CCCC(NC2CCCCCCCCCCC2)CC1. The first-order valence-electron chi connectivity index (χ1n) is 10.1. The summed E-state index contributed by atoms with van der Waals surface area (Å²) >= 11 is 0. The highest BCUT2D eigenvalue weighted by Gasteiger charge is 2.19. The maximum Gasteiger partial charge on any atom is 0.00697 e. The van der Waals surface area contributed by atoms with E-state index in [0.29, 0.717) is 0 Å². The second kappa shape index (κ2) is 10.6. The molecule has 2 rings (SSSR count). The van der Waals surface area contributed by atoms with Crippen molar-refractivity contribution in [2.24, 2.45) is 5.92 Å². The van der Waals surface area contributed by atoms with E-state index in [1.807, 2.05) is 0 Å². The molecule has 2 aliphatic carbocycles. The highest BCUT2D eigenvalue weighted by atomic mass is 14.9. The second-order valence-electron chi connectivity index (χ2n) is 7.93. The minimum atomic E-state index is 0.822. The first-order chi connectivity index (χ1) is 10.3. The molecule has 0 aromatic heterocycles. The minimum Gasteiger partial charge on any atom is -0.311 e. The molecule has 0 saturated heterocycles. The number of hydrogen-bond donors (Lipinski definition) is 1. The van der Waals surface area contributed by atoms with Gasteiger partial charge in [0.2, 0.25) is 0 Å². The van der Waals surface area contributed by atoms with Crippen LogP contribution in [0.5, 0.6) is 0 Å². The molecule has 0 aliphatic heterocycles. The lowest BCUT2D eigenvalue weighted by Gasteiger charge is -2.25. The Bertz CT molecular complexity index is 238.